The highest BCUT2D eigenvalue weighted by Gasteiger charge is 2.07. The normalized spacial score (nSPS) is 9.80. The van der Waals surface area contributed by atoms with Crippen molar-refractivity contribution in [1.29, 1.82) is 0 Å². The minimum Gasteiger partial charge on any atom is -0.492 e. The molecule has 0 aliphatic rings. The van der Waals surface area contributed by atoms with Gasteiger partial charge in [-0.3, -0.25) is 4.79 Å². The van der Waals surface area contributed by atoms with E-state index < -0.39 is 0 Å². The van der Waals surface area contributed by atoms with Crippen LogP contribution in [0.2, 0.25) is 5.02 Å². The molecule has 1 N–H and O–H groups in total. The number of alkyl halides is 1. The Bertz CT molecular complexity index is 355. The quantitative estimate of drug-likeness (QED) is 0.832. The van der Waals surface area contributed by atoms with Crippen LogP contribution >= 0.6 is 23.2 Å². The lowest BCUT2D eigenvalue weighted by Gasteiger charge is -2.10. The first kappa shape index (κ1) is 12.1. The molecule has 0 atom stereocenters. The van der Waals surface area contributed by atoms with Gasteiger partial charge in [0, 0.05) is 11.1 Å². The zero-order valence-electron chi connectivity index (χ0n) is 8.22. The van der Waals surface area contributed by atoms with Gasteiger partial charge in [-0.1, -0.05) is 11.6 Å². The third-order valence-corrected chi connectivity index (χ3v) is 2.12. The third kappa shape index (κ3) is 3.61. The number of hydrogen-bond acceptors (Lipinski definition) is 2. The van der Waals surface area contributed by atoms with E-state index in [-0.39, 0.29) is 11.8 Å². The molecule has 0 saturated heterocycles. The van der Waals surface area contributed by atoms with E-state index >= 15 is 0 Å². The van der Waals surface area contributed by atoms with Crippen LogP contribution in [0, 0.1) is 0 Å². The summed E-state index contributed by atoms with van der Waals surface area (Å²) in [7, 11) is 0. The maximum atomic E-state index is 11.1. The standard InChI is InChI=1S/C10H11Cl2NO2/c1-2-15-9-5-7(12)3-4-8(9)13-10(14)6-11/h3-5H,2,6H2,1H3,(H,13,14). The Labute approximate surface area is 98.3 Å². The molecule has 15 heavy (non-hydrogen) atoms. The molecule has 5 heteroatoms. The highest BCUT2D eigenvalue weighted by atomic mass is 35.5. The van der Waals surface area contributed by atoms with E-state index in [4.69, 9.17) is 27.9 Å². The van der Waals surface area contributed by atoms with E-state index in [0.29, 0.717) is 23.1 Å². The van der Waals surface area contributed by atoms with Gasteiger partial charge in [0.1, 0.15) is 11.6 Å². The SMILES string of the molecule is CCOc1cc(Cl)ccc1NC(=O)CCl. The summed E-state index contributed by atoms with van der Waals surface area (Å²) in [5.41, 5.74) is 0.576. The highest BCUT2D eigenvalue weighted by molar-refractivity contribution is 6.31. The van der Waals surface area contributed by atoms with Gasteiger partial charge in [-0.15, -0.1) is 11.6 Å². The number of rotatable bonds is 4. The van der Waals surface area contributed by atoms with Crippen molar-refractivity contribution in [3.63, 3.8) is 0 Å². The summed E-state index contributed by atoms with van der Waals surface area (Å²) >= 11 is 11.2. The fraction of sp³-hybridized carbons (Fsp3) is 0.300. The van der Waals surface area contributed by atoms with Crippen LogP contribution in [0.15, 0.2) is 18.2 Å². The van der Waals surface area contributed by atoms with Crippen LogP contribution in [-0.4, -0.2) is 18.4 Å². The Balaban J connectivity index is 2.89. The zero-order valence-corrected chi connectivity index (χ0v) is 9.73. The molecule has 0 aliphatic heterocycles. The second kappa shape index (κ2) is 5.83. The predicted molar refractivity (Wildman–Crippen MR) is 62.0 cm³/mol. The van der Waals surface area contributed by atoms with Crippen molar-refractivity contribution in [3.05, 3.63) is 23.2 Å². The van der Waals surface area contributed by atoms with Crippen molar-refractivity contribution >= 4 is 34.8 Å². The van der Waals surface area contributed by atoms with Crippen LogP contribution < -0.4 is 10.1 Å². The molecule has 1 amide bonds. The van der Waals surface area contributed by atoms with Gasteiger partial charge in [0.05, 0.1) is 12.3 Å². The lowest BCUT2D eigenvalue weighted by atomic mass is 10.3. The van der Waals surface area contributed by atoms with E-state index in [1.165, 1.54) is 0 Å². The Morgan fingerprint density at radius 2 is 2.27 bits per heavy atom. The van der Waals surface area contributed by atoms with Crippen molar-refractivity contribution in [2.45, 2.75) is 6.92 Å². The average Bonchev–Trinajstić information content (AvgIpc) is 2.22. The number of carbonyl (C=O) groups excluding carboxylic acids is 1. The van der Waals surface area contributed by atoms with Crippen molar-refractivity contribution < 1.29 is 9.53 Å². The summed E-state index contributed by atoms with van der Waals surface area (Å²) in [6, 6.07) is 5.00. The van der Waals surface area contributed by atoms with Crippen LogP contribution in [-0.2, 0) is 4.79 Å². The van der Waals surface area contributed by atoms with E-state index in [1.807, 2.05) is 6.92 Å². The largest absolute Gasteiger partial charge is 0.492 e. The molecule has 1 aromatic carbocycles. The Kier molecular flexibility index (Phi) is 4.72. The van der Waals surface area contributed by atoms with Gasteiger partial charge in [-0.25, -0.2) is 0 Å². The number of halogens is 2. The summed E-state index contributed by atoms with van der Waals surface area (Å²) in [6.07, 6.45) is 0. The number of hydrogen-bond donors (Lipinski definition) is 1. The van der Waals surface area contributed by atoms with E-state index in [1.54, 1.807) is 18.2 Å². The number of anilines is 1. The number of nitrogens with one attached hydrogen (secondary N) is 1. The van der Waals surface area contributed by atoms with Gasteiger partial charge in [0.2, 0.25) is 5.91 Å². The van der Waals surface area contributed by atoms with Gasteiger partial charge in [-0.2, -0.15) is 0 Å². The lowest BCUT2D eigenvalue weighted by molar-refractivity contribution is -0.113. The Morgan fingerprint density at radius 1 is 1.53 bits per heavy atom. The monoisotopic (exact) mass is 247 g/mol. The smallest absolute Gasteiger partial charge is 0.239 e. The molecule has 1 rings (SSSR count). The molecular formula is C10H11Cl2NO2. The average molecular weight is 248 g/mol. The molecule has 1 aromatic rings. The van der Waals surface area contributed by atoms with E-state index in [9.17, 15) is 4.79 Å². The van der Waals surface area contributed by atoms with Gasteiger partial charge in [0.25, 0.3) is 0 Å². The molecule has 0 heterocycles. The molecule has 0 aromatic heterocycles. The van der Waals surface area contributed by atoms with E-state index in [2.05, 4.69) is 5.32 Å². The topological polar surface area (TPSA) is 38.3 Å². The second-order valence-electron chi connectivity index (χ2n) is 2.76. The summed E-state index contributed by atoms with van der Waals surface area (Å²) in [6.45, 7) is 2.36. The molecule has 0 spiro atoms. The van der Waals surface area contributed by atoms with Crippen LogP contribution in [0.3, 0.4) is 0 Å². The maximum Gasteiger partial charge on any atom is 0.239 e. The lowest BCUT2D eigenvalue weighted by Crippen LogP contribution is -2.13. The zero-order chi connectivity index (χ0) is 11.3. The van der Waals surface area contributed by atoms with Crippen LogP contribution in [0.4, 0.5) is 5.69 Å². The first-order valence-corrected chi connectivity index (χ1v) is 5.36. The molecule has 0 saturated carbocycles. The van der Waals surface area contributed by atoms with Crippen LogP contribution in [0.1, 0.15) is 6.92 Å². The van der Waals surface area contributed by atoms with Crippen LogP contribution in [0.25, 0.3) is 0 Å². The van der Waals surface area contributed by atoms with E-state index in [0.717, 1.165) is 0 Å². The maximum absolute atomic E-state index is 11.1. The van der Waals surface area contributed by atoms with Gasteiger partial charge < -0.3 is 10.1 Å². The van der Waals surface area contributed by atoms with Crippen LogP contribution in [0.5, 0.6) is 5.75 Å². The minimum atomic E-state index is -0.278. The van der Waals surface area contributed by atoms with Gasteiger partial charge in [0.15, 0.2) is 0 Å². The number of ether oxygens (including phenoxy) is 1. The first-order chi connectivity index (χ1) is 7.17. The number of carbonyl (C=O) groups is 1. The minimum absolute atomic E-state index is 0.0891. The first-order valence-electron chi connectivity index (χ1n) is 4.45. The number of amides is 1. The molecular weight excluding hydrogens is 237 g/mol. The molecule has 3 nitrogen and oxygen atoms in total. The fourth-order valence-corrected chi connectivity index (χ4v) is 1.29. The molecule has 0 fully saturated rings. The molecule has 82 valence electrons. The molecule has 0 bridgehead atoms. The molecule has 0 aliphatic carbocycles. The summed E-state index contributed by atoms with van der Waals surface area (Å²) in [5, 5.41) is 3.18. The predicted octanol–water partition coefficient (Wildman–Crippen LogP) is 2.92. The fourth-order valence-electron chi connectivity index (χ4n) is 1.06. The van der Waals surface area contributed by atoms with Gasteiger partial charge in [-0.05, 0) is 19.1 Å². The molecule has 0 unspecified atom stereocenters. The molecule has 0 radical (unpaired) electrons. The summed E-state index contributed by atoms with van der Waals surface area (Å²) in [4.78, 5) is 11.1. The Hall–Kier alpha value is -0.930. The van der Waals surface area contributed by atoms with Gasteiger partial charge >= 0.3 is 0 Å². The Morgan fingerprint density at radius 3 is 2.87 bits per heavy atom. The highest BCUT2D eigenvalue weighted by Crippen LogP contribution is 2.28. The van der Waals surface area contributed by atoms with Crippen molar-refractivity contribution in [2.24, 2.45) is 0 Å². The number of benzene rings is 1. The van der Waals surface area contributed by atoms with Crippen molar-refractivity contribution in [1.82, 2.24) is 0 Å². The second-order valence-corrected chi connectivity index (χ2v) is 3.46. The summed E-state index contributed by atoms with van der Waals surface area (Å²) in [5.74, 6) is 0.178. The summed E-state index contributed by atoms with van der Waals surface area (Å²) < 4.78 is 5.32. The van der Waals surface area contributed by atoms with Crippen molar-refractivity contribution in [3.8, 4) is 5.75 Å². The third-order valence-electron chi connectivity index (χ3n) is 1.64. The van der Waals surface area contributed by atoms with Crippen molar-refractivity contribution in [2.75, 3.05) is 17.8 Å².